The zero-order valence-electron chi connectivity index (χ0n) is 9.29. The summed E-state index contributed by atoms with van der Waals surface area (Å²) in [5.41, 5.74) is 2.74. The van der Waals surface area contributed by atoms with E-state index >= 15 is 0 Å². The maximum Gasteiger partial charge on any atom is 0.124 e. The summed E-state index contributed by atoms with van der Waals surface area (Å²) in [7, 11) is 0. The molecule has 0 fully saturated rings. The van der Waals surface area contributed by atoms with Crippen molar-refractivity contribution in [3.8, 4) is 0 Å². The lowest BCUT2D eigenvalue weighted by Gasteiger charge is -2.10. The summed E-state index contributed by atoms with van der Waals surface area (Å²) >= 11 is 1.25. The number of benzene rings is 1. The Balaban J connectivity index is 2.22. The molecule has 0 bridgehead atoms. The topological polar surface area (TPSA) is 46.0 Å². The van der Waals surface area contributed by atoms with Crippen molar-refractivity contribution in [3.63, 3.8) is 0 Å². The summed E-state index contributed by atoms with van der Waals surface area (Å²) in [5.74, 6) is 0.507. The highest BCUT2D eigenvalue weighted by atomic mass is 32.1. The summed E-state index contributed by atoms with van der Waals surface area (Å²) in [6.45, 7) is 4.30. The average molecular weight is 234 g/mol. The number of aromatic nitrogens is 2. The second-order valence-electron chi connectivity index (χ2n) is 4.05. The van der Waals surface area contributed by atoms with Crippen molar-refractivity contribution in [3.05, 3.63) is 46.5 Å². The highest BCUT2D eigenvalue weighted by molar-refractivity contribution is 7.03. The SMILES string of the molecule is CC(C)c1ccc(C(O)c2csnn2)cc1. The molecule has 16 heavy (non-hydrogen) atoms. The molecule has 4 heteroatoms. The van der Waals surface area contributed by atoms with E-state index in [0.29, 0.717) is 11.6 Å². The first-order valence-electron chi connectivity index (χ1n) is 5.23. The van der Waals surface area contributed by atoms with Gasteiger partial charge in [-0.15, -0.1) is 5.10 Å². The summed E-state index contributed by atoms with van der Waals surface area (Å²) in [6, 6.07) is 7.98. The maximum absolute atomic E-state index is 10.0. The van der Waals surface area contributed by atoms with Crippen LogP contribution < -0.4 is 0 Å². The van der Waals surface area contributed by atoms with Crippen molar-refractivity contribution < 1.29 is 5.11 Å². The molecule has 84 valence electrons. The molecule has 1 unspecified atom stereocenters. The van der Waals surface area contributed by atoms with Crippen LogP contribution in [0.25, 0.3) is 0 Å². The molecule has 1 aromatic carbocycles. The molecule has 0 amide bonds. The fraction of sp³-hybridized carbons (Fsp3) is 0.333. The number of aliphatic hydroxyl groups excluding tert-OH is 1. The number of hydrogen-bond donors (Lipinski definition) is 1. The summed E-state index contributed by atoms with van der Waals surface area (Å²) in [6.07, 6.45) is -0.667. The maximum atomic E-state index is 10.0. The predicted octanol–water partition coefficient (Wildman–Crippen LogP) is 2.74. The van der Waals surface area contributed by atoms with E-state index in [9.17, 15) is 5.11 Å². The quantitative estimate of drug-likeness (QED) is 0.888. The van der Waals surface area contributed by atoms with Gasteiger partial charge in [-0.2, -0.15) is 0 Å². The van der Waals surface area contributed by atoms with E-state index in [1.54, 1.807) is 5.38 Å². The van der Waals surface area contributed by atoms with E-state index in [0.717, 1.165) is 5.56 Å². The third-order valence-electron chi connectivity index (χ3n) is 2.58. The molecule has 0 saturated heterocycles. The molecule has 0 aliphatic carbocycles. The third kappa shape index (κ3) is 2.28. The Morgan fingerprint density at radius 3 is 2.25 bits per heavy atom. The van der Waals surface area contributed by atoms with Crippen LogP contribution in [0.3, 0.4) is 0 Å². The lowest BCUT2D eigenvalue weighted by Crippen LogP contribution is -2.00. The van der Waals surface area contributed by atoms with Crippen LogP contribution in [0.15, 0.2) is 29.6 Å². The largest absolute Gasteiger partial charge is 0.382 e. The summed E-state index contributed by atoms with van der Waals surface area (Å²) in [5, 5.41) is 15.6. The Morgan fingerprint density at radius 1 is 1.12 bits per heavy atom. The zero-order chi connectivity index (χ0) is 11.5. The molecule has 1 heterocycles. The van der Waals surface area contributed by atoms with Crippen LogP contribution in [-0.4, -0.2) is 14.7 Å². The fourth-order valence-corrected chi connectivity index (χ4v) is 2.00. The van der Waals surface area contributed by atoms with E-state index in [-0.39, 0.29) is 0 Å². The van der Waals surface area contributed by atoms with Crippen LogP contribution in [0.4, 0.5) is 0 Å². The highest BCUT2D eigenvalue weighted by Gasteiger charge is 2.13. The molecule has 0 saturated carbocycles. The van der Waals surface area contributed by atoms with Gasteiger partial charge in [-0.3, -0.25) is 0 Å². The monoisotopic (exact) mass is 234 g/mol. The number of aliphatic hydroxyl groups is 1. The Bertz CT molecular complexity index is 437. The third-order valence-corrected chi connectivity index (χ3v) is 3.10. The van der Waals surface area contributed by atoms with Crippen LogP contribution in [0.1, 0.15) is 42.7 Å². The van der Waals surface area contributed by atoms with Crippen LogP contribution >= 0.6 is 11.5 Å². The van der Waals surface area contributed by atoms with Crippen molar-refractivity contribution in [2.24, 2.45) is 0 Å². The van der Waals surface area contributed by atoms with Crippen molar-refractivity contribution in [2.75, 3.05) is 0 Å². The second kappa shape index (κ2) is 4.72. The van der Waals surface area contributed by atoms with Crippen LogP contribution in [0, 0.1) is 0 Å². The van der Waals surface area contributed by atoms with E-state index in [4.69, 9.17) is 0 Å². The number of hydrogen-bond acceptors (Lipinski definition) is 4. The average Bonchev–Trinajstić information content (AvgIpc) is 2.81. The zero-order valence-corrected chi connectivity index (χ0v) is 10.1. The van der Waals surface area contributed by atoms with Crippen LogP contribution in [-0.2, 0) is 0 Å². The first-order chi connectivity index (χ1) is 7.68. The molecule has 0 aliphatic heterocycles. The number of nitrogens with zero attached hydrogens (tertiary/aromatic N) is 2. The molecule has 0 aliphatic rings. The van der Waals surface area contributed by atoms with E-state index in [1.807, 2.05) is 24.3 Å². The first-order valence-corrected chi connectivity index (χ1v) is 6.07. The lowest BCUT2D eigenvalue weighted by molar-refractivity contribution is 0.215. The van der Waals surface area contributed by atoms with Gasteiger partial charge in [0.2, 0.25) is 0 Å². The minimum Gasteiger partial charge on any atom is -0.382 e. The highest BCUT2D eigenvalue weighted by Crippen LogP contribution is 2.23. The van der Waals surface area contributed by atoms with Crippen molar-refractivity contribution in [2.45, 2.75) is 25.9 Å². The van der Waals surface area contributed by atoms with Gasteiger partial charge in [0.05, 0.1) is 0 Å². The molecule has 1 atom stereocenters. The normalized spacial score (nSPS) is 13.0. The molecule has 2 aromatic rings. The molecule has 3 nitrogen and oxygen atoms in total. The van der Waals surface area contributed by atoms with Gasteiger partial charge in [-0.25, -0.2) is 0 Å². The molecule has 0 spiro atoms. The smallest absolute Gasteiger partial charge is 0.124 e. The van der Waals surface area contributed by atoms with Gasteiger partial charge in [-0.05, 0) is 28.6 Å². The van der Waals surface area contributed by atoms with Crippen molar-refractivity contribution in [1.82, 2.24) is 9.59 Å². The van der Waals surface area contributed by atoms with Crippen molar-refractivity contribution >= 4 is 11.5 Å². The number of rotatable bonds is 3. The van der Waals surface area contributed by atoms with E-state index in [1.165, 1.54) is 17.1 Å². The molecule has 1 aromatic heterocycles. The van der Waals surface area contributed by atoms with Gasteiger partial charge in [0.1, 0.15) is 11.8 Å². The van der Waals surface area contributed by atoms with Gasteiger partial charge in [-0.1, -0.05) is 42.6 Å². The Kier molecular flexibility index (Phi) is 3.31. The molecule has 1 N–H and O–H groups in total. The minimum absolute atomic E-state index is 0.507. The van der Waals surface area contributed by atoms with Crippen molar-refractivity contribution in [1.29, 1.82) is 0 Å². The standard InChI is InChI=1S/C12H14N2OS/c1-8(2)9-3-5-10(6-4-9)12(15)11-7-16-14-13-11/h3-8,12,15H,1-2H3. The summed E-state index contributed by atoms with van der Waals surface area (Å²) < 4.78 is 3.75. The minimum atomic E-state index is -0.667. The van der Waals surface area contributed by atoms with Gasteiger partial charge >= 0.3 is 0 Å². The molecule has 2 rings (SSSR count). The lowest BCUT2D eigenvalue weighted by atomic mass is 9.99. The van der Waals surface area contributed by atoms with Gasteiger partial charge in [0, 0.05) is 5.38 Å². The van der Waals surface area contributed by atoms with E-state index in [2.05, 4.69) is 23.4 Å². The van der Waals surface area contributed by atoms with Gasteiger partial charge < -0.3 is 5.11 Å². The molecular weight excluding hydrogens is 220 g/mol. The molecular formula is C12H14N2OS. The summed E-state index contributed by atoms with van der Waals surface area (Å²) in [4.78, 5) is 0. The van der Waals surface area contributed by atoms with Crippen LogP contribution in [0.2, 0.25) is 0 Å². The Morgan fingerprint density at radius 2 is 1.75 bits per heavy atom. The second-order valence-corrected chi connectivity index (χ2v) is 4.66. The van der Waals surface area contributed by atoms with Crippen LogP contribution in [0.5, 0.6) is 0 Å². The Labute approximate surface area is 98.9 Å². The van der Waals surface area contributed by atoms with Gasteiger partial charge in [0.25, 0.3) is 0 Å². The van der Waals surface area contributed by atoms with Gasteiger partial charge in [0.15, 0.2) is 0 Å². The predicted molar refractivity (Wildman–Crippen MR) is 64.5 cm³/mol. The first kappa shape index (κ1) is 11.2. The van der Waals surface area contributed by atoms with E-state index < -0.39 is 6.10 Å². The molecule has 0 radical (unpaired) electrons. The fourth-order valence-electron chi connectivity index (χ4n) is 1.52. The Hall–Kier alpha value is -1.26.